The molecule has 0 aliphatic heterocycles. The fraction of sp³-hybridized carbons (Fsp3) is 0.545. The molecule has 1 heterocycles. The summed E-state index contributed by atoms with van der Waals surface area (Å²) in [6.45, 7) is 11.4. The molecule has 1 aliphatic carbocycles. The first-order chi connectivity index (χ1) is 12.6. The molecule has 0 spiro atoms. The molecule has 27 heavy (non-hydrogen) atoms. The number of hydrogen-bond acceptors (Lipinski definition) is 3. The van der Waals surface area contributed by atoms with Gasteiger partial charge >= 0.3 is 0 Å². The Morgan fingerprint density at radius 1 is 1.41 bits per heavy atom. The molecule has 0 saturated heterocycles. The highest BCUT2D eigenvalue weighted by molar-refractivity contribution is 14.1. The Labute approximate surface area is 177 Å². The second kappa shape index (κ2) is 9.22. The number of halogens is 1. The van der Waals surface area contributed by atoms with Gasteiger partial charge in [0.15, 0.2) is 0 Å². The summed E-state index contributed by atoms with van der Waals surface area (Å²) < 4.78 is 5.29. The van der Waals surface area contributed by atoms with Gasteiger partial charge in [-0.3, -0.25) is 9.78 Å². The zero-order chi connectivity index (χ0) is 20.2. The van der Waals surface area contributed by atoms with E-state index in [1.807, 2.05) is 23.1 Å². The van der Waals surface area contributed by atoms with Crippen LogP contribution in [0.5, 0.6) is 5.75 Å². The Balaban J connectivity index is 2.28. The summed E-state index contributed by atoms with van der Waals surface area (Å²) in [6, 6.07) is 3.83. The van der Waals surface area contributed by atoms with Crippen LogP contribution in [0.2, 0.25) is 0 Å². The van der Waals surface area contributed by atoms with Gasteiger partial charge in [0.1, 0.15) is 5.75 Å². The molecular formula is C22H31IN2O2. The molecule has 1 aromatic heterocycles. The molecule has 0 saturated carbocycles. The summed E-state index contributed by atoms with van der Waals surface area (Å²) in [5, 5.41) is 0. The Bertz CT molecular complexity index is 717. The molecule has 1 aliphatic rings. The van der Waals surface area contributed by atoms with Crippen molar-refractivity contribution in [3.63, 3.8) is 0 Å². The first-order valence-electron chi connectivity index (χ1n) is 9.42. The van der Waals surface area contributed by atoms with Gasteiger partial charge in [0.05, 0.1) is 29.6 Å². The second-order valence-corrected chi connectivity index (χ2v) is 10.0. The zero-order valence-electron chi connectivity index (χ0n) is 17.3. The van der Waals surface area contributed by atoms with Gasteiger partial charge in [-0.2, -0.15) is 0 Å². The van der Waals surface area contributed by atoms with Crippen LogP contribution < -0.4 is 4.74 Å². The number of amides is 1. The number of allylic oxidation sites excluding steroid dienone is 3. The fourth-order valence-corrected chi connectivity index (χ4v) is 5.05. The fourth-order valence-electron chi connectivity index (χ4n) is 3.28. The molecule has 2 atom stereocenters. The maximum atomic E-state index is 13.4. The summed E-state index contributed by atoms with van der Waals surface area (Å²) >= 11 is 2.40. The monoisotopic (exact) mass is 482 g/mol. The lowest BCUT2D eigenvalue weighted by Crippen LogP contribution is -2.39. The average molecular weight is 482 g/mol. The number of nitrogens with zero attached hydrogens (tertiary/aromatic N) is 2. The SMILES string of the molecule is COc1ccc(CN(C(=O)C2=CC(C)=CC(C)C2)C(I)CC(C)(C)C)nc1. The number of carbonyl (C=O) groups excluding carboxylic acids is 1. The summed E-state index contributed by atoms with van der Waals surface area (Å²) in [7, 11) is 1.63. The topological polar surface area (TPSA) is 42.4 Å². The number of carbonyl (C=O) groups is 1. The number of rotatable bonds is 6. The van der Waals surface area contributed by atoms with Gasteiger partial charge in [-0.05, 0) is 43.2 Å². The lowest BCUT2D eigenvalue weighted by atomic mass is 9.90. The van der Waals surface area contributed by atoms with Crippen LogP contribution in [-0.4, -0.2) is 26.9 Å². The van der Waals surface area contributed by atoms with Crippen molar-refractivity contribution in [3.05, 3.63) is 47.3 Å². The first kappa shape index (κ1) is 21.9. The Hall–Kier alpha value is -1.37. The maximum absolute atomic E-state index is 13.4. The van der Waals surface area contributed by atoms with Crippen LogP contribution in [0, 0.1) is 11.3 Å². The van der Waals surface area contributed by atoms with E-state index in [1.54, 1.807) is 13.3 Å². The number of aromatic nitrogens is 1. The average Bonchev–Trinajstić information content (AvgIpc) is 2.57. The van der Waals surface area contributed by atoms with Gasteiger partial charge < -0.3 is 9.64 Å². The van der Waals surface area contributed by atoms with E-state index in [2.05, 4.69) is 68.3 Å². The largest absolute Gasteiger partial charge is 0.495 e. The van der Waals surface area contributed by atoms with Crippen LogP contribution in [0.4, 0.5) is 0 Å². The van der Waals surface area contributed by atoms with Gasteiger partial charge in [-0.25, -0.2) is 0 Å². The first-order valence-corrected chi connectivity index (χ1v) is 10.7. The minimum Gasteiger partial charge on any atom is -0.495 e. The van der Waals surface area contributed by atoms with E-state index < -0.39 is 0 Å². The molecule has 4 nitrogen and oxygen atoms in total. The Morgan fingerprint density at radius 3 is 2.63 bits per heavy atom. The summed E-state index contributed by atoms with van der Waals surface area (Å²) in [5.41, 5.74) is 3.07. The van der Waals surface area contributed by atoms with E-state index in [1.165, 1.54) is 5.57 Å². The van der Waals surface area contributed by atoms with E-state index in [4.69, 9.17) is 4.74 Å². The molecule has 2 rings (SSSR count). The molecule has 0 fully saturated rings. The third-order valence-electron chi connectivity index (χ3n) is 4.51. The second-order valence-electron chi connectivity index (χ2n) is 8.58. The third-order valence-corrected chi connectivity index (χ3v) is 5.62. The van der Waals surface area contributed by atoms with Crippen LogP contribution in [0.3, 0.4) is 0 Å². The molecule has 1 aromatic rings. The van der Waals surface area contributed by atoms with Crippen LogP contribution in [0.1, 0.15) is 53.2 Å². The minimum atomic E-state index is 0.0985. The molecule has 1 amide bonds. The predicted octanol–water partition coefficient (Wildman–Crippen LogP) is 5.53. The predicted molar refractivity (Wildman–Crippen MR) is 119 cm³/mol. The van der Waals surface area contributed by atoms with E-state index in [9.17, 15) is 4.79 Å². The summed E-state index contributed by atoms with van der Waals surface area (Å²) in [6.07, 6.45) is 7.69. The van der Waals surface area contributed by atoms with Crippen LogP contribution in [0.15, 0.2) is 41.6 Å². The standard InChI is InChI=1S/C22H31IN2O2/c1-15-9-16(2)11-17(10-15)21(26)25(20(23)12-22(3,4)5)14-18-7-8-19(27-6)13-24-18/h7-10,13,16,20H,11-12,14H2,1-6H3. The van der Waals surface area contributed by atoms with Crippen molar-refractivity contribution < 1.29 is 9.53 Å². The van der Waals surface area contributed by atoms with Gasteiger partial charge in [0.2, 0.25) is 0 Å². The Morgan fingerprint density at radius 2 is 2.11 bits per heavy atom. The van der Waals surface area contributed by atoms with Crippen molar-refractivity contribution in [1.82, 2.24) is 9.88 Å². The van der Waals surface area contributed by atoms with Gasteiger partial charge in [0, 0.05) is 5.57 Å². The van der Waals surface area contributed by atoms with Crippen LogP contribution in [0.25, 0.3) is 0 Å². The van der Waals surface area contributed by atoms with Crippen LogP contribution in [-0.2, 0) is 11.3 Å². The van der Waals surface area contributed by atoms with E-state index in [0.717, 1.165) is 29.9 Å². The number of methoxy groups -OCH3 is 1. The number of alkyl halides is 1. The normalized spacial score (nSPS) is 18.4. The maximum Gasteiger partial charge on any atom is 0.251 e. The quantitative estimate of drug-likeness (QED) is 0.304. The van der Waals surface area contributed by atoms with Crippen molar-refractivity contribution in [2.75, 3.05) is 7.11 Å². The van der Waals surface area contributed by atoms with Crippen molar-refractivity contribution in [1.29, 1.82) is 0 Å². The molecule has 0 radical (unpaired) electrons. The minimum absolute atomic E-state index is 0.0985. The lowest BCUT2D eigenvalue weighted by molar-refractivity contribution is -0.128. The smallest absolute Gasteiger partial charge is 0.251 e. The van der Waals surface area contributed by atoms with Gasteiger partial charge in [-0.1, -0.05) is 68.0 Å². The number of hydrogen-bond donors (Lipinski definition) is 0. The third kappa shape index (κ3) is 6.63. The van der Waals surface area contributed by atoms with Gasteiger partial charge in [0.25, 0.3) is 5.91 Å². The summed E-state index contributed by atoms with van der Waals surface area (Å²) in [4.78, 5) is 19.9. The number of ether oxygens (including phenoxy) is 1. The number of pyridine rings is 1. The highest BCUT2D eigenvalue weighted by Gasteiger charge is 2.29. The molecule has 148 valence electrons. The lowest BCUT2D eigenvalue weighted by Gasteiger charge is -2.33. The van der Waals surface area contributed by atoms with E-state index >= 15 is 0 Å². The molecule has 5 heteroatoms. The molecule has 0 aromatic carbocycles. The van der Waals surface area contributed by atoms with E-state index in [-0.39, 0.29) is 15.4 Å². The van der Waals surface area contributed by atoms with Crippen LogP contribution >= 0.6 is 22.6 Å². The zero-order valence-corrected chi connectivity index (χ0v) is 19.4. The molecular weight excluding hydrogens is 451 g/mol. The van der Waals surface area contributed by atoms with Crippen molar-refractivity contribution in [2.24, 2.45) is 11.3 Å². The van der Waals surface area contributed by atoms with Gasteiger partial charge in [-0.15, -0.1) is 0 Å². The van der Waals surface area contributed by atoms with Crippen molar-refractivity contribution in [2.45, 2.75) is 58.1 Å². The molecule has 0 N–H and O–H groups in total. The highest BCUT2D eigenvalue weighted by Crippen LogP contribution is 2.31. The molecule has 2 unspecified atom stereocenters. The molecule has 0 bridgehead atoms. The van der Waals surface area contributed by atoms with E-state index in [0.29, 0.717) is 12.5 Å². The summed E-state index contributed by atoms with van der Waals surface area (Å²) in [5.74, 6) is 1.24. The van der Waals surface area contributed by atoms with Crippen molar-refractivity contribution in [3.8, 4) is 5.75 Å². The Kier molecular flexibility index (Phi) is 7.48. The van der Waals surface area contributed by atoms with Crippen molar-refractivity contribution >= 4 is 28.5 Å². The highest BCUT2D eigenvalue weighted by atomic mass is 127.